The molecule has 0 aliphatic heterocycles. The van der Waals surface area contributed by atoms with Crippen LogP contribution in [0.25, 0.3) is 0 Å². The van der Waals surface area contributed by atoms with Crippen LogP contribution >= 0.6 is 11.6 Å². The van der Waals surface area contributed by atoms with Gasteiger partial charge in [0.25, 0.3) is 0 Å². The minimum atomic E-state index is -5.44. The molecule has 0 aromatic carbocycles. The molecule has 0 aliphatic carbocycles. The van der Waals surface area contributed by atoms with Crippen LogP contribution in [0.3, 0.4) is 0 Å². The third kappa shape index (κ3) is 6.98. The Morgan fingerprint density at radius 2 is 1.47 bits per heavy atom. The van der Waals surface area contributed by atoms with Crippen LogP contribution in [0, 0.1) is 5.92 Å². The highest BCUT2D eigenvalue weighted by molar-refractivity contribution is 6.17. The summed E-state index contributed by atoms with van der Waals surface area (Å²) >= 11 is 5.38. The fourth-order valence-electron chi connectivity index (χ4n) is 1.09. The third-order valence-corrected chi connectivity index (χ3v) is 2.31. The minimum Gasteiger partial charge on any atom is -0.361 e. The van der Waals surface area contributed by atoms with Gasteiger partial charge in [0.15, 0.2) is 0 Å². The first-order valence-electron chi connectivity index (χ1n) is 4.90. The number of alkyl halides is 7. The molecule has 1 atom stereocenters. The number of ether oxygens (including phenoxy) is 1. The predicted octanol–water partition coefficient (Wildman–Crippen LogP) is 4.15. The first-order chi connectivity index (χ1) is 7.59. The molecule has 0 saturated carbocycles. The zero-order chi connectivity index (χ0) is 13.7. The number of hydrogen-bond donors (Lipinski definition) is 0. The molecule has 0 saturated heterocycles. The molecule has 0 radical (unpaired) electrons. The van der Waals surface area contributed by atoms with Crippen LogP contribution < -0.4 is 0 Å². The van der Waals surface area contributed by atoms with Crippen LogP contribution in [0.15, 0.2) is 0 Å². The molecule has 0 rings (SSSR count). The number of rotatable bonds is 6. The van der Waals surface area contributed by atoms with Gasteiger partial charge in [0, 0.05) is 12.5 Å². The van der Waals surface area contributed by atoms with Crippen LogP contribution in [0.1, 0.15) is 19.8 Å². The van der Waals surface area contributed by atoms with Crippen molar-refractivity contribution in [3.8, 4) is 0 Å². The zero-order valence-electron chi connectivity index (χ0n) is 9.04. The van der Waals surface area contributed by atoms with E-state index in [0.29, 0.717) is 12.3 Å². The molecule has 0 bridgehead atoms. The maximum Gasteiger partial charge on any atom is 0.423 e. The van der Waals surface area contributed by atoms with E-state index >= 15 is 0 Å². The Kier molecular flexibility index (Phi) is 6.61. The smallest absolute Gasteiger partial charge is 0.361 e. The van der Waals surface area contributed by atoms with Crippen molar-refractivity contribution in [2.45, 2.75) is 38.2 Å². The molecule has 17 heavy (non-hydrogen) atoms. The van der Waals surface area contributed by atoms with Crippen molar-refractivity contribution >= 4 is 11.6 Å². The molecule has 0 aliphatic rings. The van der Waals surface area contributed by atoms with Crippen LogP contribution in [-0.4, -0.2) is 30.9 Å². The van der Waals surface area contributed by atoms with Crippen LogP contribution in [-0.2, 0) is 4.74 Å². The van der Waals surface area contributed by atoms with E-state index < -0.39 is 25.1 Å². The zero-order valence-corrected chi connectivity index (χ0v) is 9.79. The first-order valence-corrected chi connectivity index (χ1v) is 5.43. The van der Waals surface area contributed by atoms with Crippen molar-refractivity contribution in [1.82, 2.24) is 0 Å². The normalized spacial score (nSPS) is 15.4. The Bertz CT molecular complexity index is 201. The Labute approximate surface area is 100 Å². The van der Waals surface area contributed by atoms with Crippen molar-refractivity contribution in [3.05, 3.63) is 0 Å². The van der Waals surface area contributed by atoms with Crippen molar-refractivity contribution in [2.24, 2.45) is 5.92 Å². The van der Waals surface area contributed by atoms with E-state index in [1.54, 1.807) is 6.92 Å². The maximum absolute atomic E-state index is 12.0. The third-order valence-electron chi connectivity index (χ3n) is 2.09. The summed E-state index contributed by atoms with van der Waals surface area (Å²) in [4.78, 5) is 0. The molecule has 0 fully saturated rings. The lowest BCUT2D eigenvalue weighted by Gasteiger charge is -2.23. The standard InChI is InChI=1S/C9H13ClF6O/c1-6(2-4-10)3-5-17-7(8(11,12)13)9(14,15)16/h6-7H,2-5H2,1H3. The van der Waals surface area contributed by atoms with Crippen LogP contribution in [0.5, 0.6) is 0 Å². The van der Waals surface area contributed by atoms with Crippen molar-refractivity contribution < 1.29 is 31.1 Å². The molecule has 1 unspecified atom stereocenters. The Hall–Kier alpha value is -0.170. The van der Waals surface area contributed by atoms with Gasteiger partial charge >= 0.3 is 12.4 Å². The van der Waals surface area contributed by atoms with Gasteiger partial charge in [-0.3, -0.25) is 0 Å². The number of halogens is 7. The molecule has 0 aromatic rings. The van der Waals surface area contributed by atoms with Crippen LogP contribution in [0.4, 0.5) is 26.3 Å². The lowest BCUT2D eigenvalue weighted by Crippen LogP contribution is -2.44. The molecular weight excluding hydrogens is 274 g/mol. The van der Waals surface area contributed by atoms with Gasteiger partial charge in [-0.15, -0.1) is 11.6 Å². The van der Waals surface area contributed by atoms with Gasteiger partial charge in [0.1, 0.15) is 0 Å². The van der Waals surface area contributed by atoms with Gasteiger partial charge in [-0.2, -0.15) is 26.3 Å². The van der Waals surface area contributed by atoms with Gasteiger partial charge in [0.05, 0.1) is 0 Å². The summed E-state index contributed by atoms with van der Waals surface area (Å²) in [5, 5.41) is 0. The van der Waals surface area contributed by atoms with E-state index in [9.17, 15) is 26.3 Å². The molecule has 8 heteroatoms. The van der Waals surface area contributed by atoms with Crippen LogP contribution in [0.2, 0.25) is 0 Å². The molecule has 0 heterocycles. The van der Waals surface area contributed by atoms with E-state index in [1.807, 2.05) is 0 Å². The van der Waals surface area contributed by atoms with Gasteiger partial charge in [-0.25, -0.2) is 0 Å². The summed E-state index contributed by atoms with van der Waals surface area (Å²) < 4.78 is 76.0. The van der Waals surface area contributed by atoms with E-state index in [2.05, 4.69) is 4.74 Å². The average molecular weight is 287 g/mol. The molecular formula is C9H13ClF6O. The van der Waals surface area contributed by atoms with Gasteiger partial charge in [0.2, 0.25) is 6.10 Å². The van der Waals surface area contributed by atoms with E-state index in [-0.39, 0.29) is 12.3 Å². The fourth-order valence-corrected chi connectivity index (χ4v) is 1.46. The second-order valence-corrected chi connectivity index (χ2v) is 4.08. The first kappa shape index (κ1) is 16.8. The van der Waals surface area contributed by atoms with Crippen molar-refractivity contribution in [3.63, 3.8) is 0 Å². The second-order valence-electron chi connectivity index (χ2n) is 3.71. The predicted molar refractivity (Wildman–Crippen MR) is 51.0 cm³/mol. The monoisotopic (exact) mass is 286 g/mol. The van der Waals surface area contributed by atoms with Gasteiger partial charge in [-0.1, -0.05) is 6.92 Å². The highest BCUT2D eigenvalue weighted by Crippen LogP contribution is 2.35. The molecule has 0 N–H and O–H groups in total. The summed E-state index contributed by atoms with van der Waals surface area (Å²) in [6.45, 7) is 1.09. The van der Waals surface area contributed by atoms with E-state index in [0.717, 1.165) is 0 Å². The molecule has 1 nitrogen and oxygen atoms in total. The summed E-state index contributed by atoms with van der Waals surface area (Å²) in [5.74, 6) is 0.234. The molecule has 0 spiro atoms. The van der Waals surface area contributed by atoms with E-state index in [4.69, 9.17) is 11.6 Å². The Morgan fingerprint density at radius 1 is 1.00 bits per heavy atom. The van der Waals surface area contributed by atoms with Crippen molar-refractivity contribution in [2.75, 3.05) is 12.5 Å². The largest absolute Gasteiger partial charge is 0.423 e. The minimum absolute atomic E-state index is 0.0744. The lowest BCUT2D eigenvalue weighted by molar-refractivity contribution is -0.322. The Balaban J connectivity index is 4.21. The summed E-state index contributed by atoms with van der Waals surface area (Å²) in [7, 11) is 0. The molecule has 0 amide bonds. The highest BCUT2D eigenvalue weighted by atomic mass is 35.5. The topological polar surface area (TPSA) is 9.23 Å². The Morgan fingerprint density at radius 3 is 1.82 bits per heavy atom. The fraction of sp³-hybridized carbons (Fsp3) is 1.00. The SMILES string of the molecule is CC(CCCl)CCOC(C(F)(F)F)C(F)(F)F. The maximum atomic E-state index is 12.0. The number of hydrogen-bond acceptors (Lipinski definition) is 1. The molecule has 0 aromatic heterocycles. The van der Waals surface area contributed by atoms with E-state index in [1.165, 1.54) is 0 Å². The van der Waals surface area contributed by atoms with Gasteiger partial charge in [-0.05, 0) is 18.8 Å². The summed E-state index contributed by atoms with van der Waals surface area (Å²) in [5.41, 5.74) is 0. The summed E-state index contributed by atoms with van der Waals surface area (Å²) in [6.07, 6.45) is -14.0. The molecule has 104 valence electrons. The van der Waals surface area contributed by atoms with Gasteiger partial charge < -0.3 is 4.74 Å². The average Bonchev–Trinajstić information content (AvgIpc) is 2.08. The quantitative estimate of drug-likeness (QED) is 0.526. The lowest BCUT2D eigenvalue weighted by atomic mass is 10.1. The summed E-state index contributed by atoms with van der Waals surface area (Å²) in [6, 6.07) is 0. The highest BCUT2D eigenvalue weighted by Gasteiger charge is 2.57. The second kappa shape index (κ2) is 6.68. The van der Waals surface area contributed by atoms with Crippen molar-refractivity contribution in [1.29, 1.82) is 0 Å².